The number of thioether (sulfide) groups is 1. The van der Waals surface area contributed by atoms with Crippen LogP contribution in [0.2, 0.25) is 0 Å². The van der Waals surface area contributed by atoms with Crippen molar-refractivity contribution in [3.05, 3.63) is 76.0 Å². The van der Waals surface area contributed by atoms with E-state index in [-0.39, 0.29) is 11.7 Å². The number of esters is 1. The largest absolute Gasteiger partial charge is 0.497 e. The lowest BCUT2D eigenvalue weighted by atomic mass is 9.73. The van der Waals surface area contributed by atoms with Crippen molar-refractivity contribution in [2.45, 2.75) is 45.4 Å². The number of dihydropyridines is 1. The summed E-state index contributed by atoms with van der Waals surface area (Å²) >= 11 is 1.72. The first kappa shape index (κ1) is 24.2. The van der Waals surface area contributed by atoms with Crippen molar-refractivity contribution in [3.8, 4) is 5.75 Å². The topological polar surface area (TPSA) is 77.8 Å². The van der Waals surface area contributed by atoms with Gasteiger partial charge in [0.1, 0.15) is 23.9 Å². The first-order valence-corrected chi connectivity index (χ1v) is 12.8. The predicted octanol–water partition coefficient (Wildman–Crippen LogP) is 5.25. The molecule has 0 radical (unpaired) electrons. The quantitative estimate of drug-likeness (QED) is 0.407. The molecule has 1 aromatic heterocycles. The van der Waals surface area contributed by atoms with E-state index in [0.29, 0.717) is 42.1 Å². The van der Waals surface area contributed by atoms with Gasteiger partial charge >= 0.3 is 5.97 Å². The number of hydrogen-bond donors (Lipinski definition) is 1. The smallest absolute Gasteiger partial charge is 0.336 e. The highest BCUT2D eigenvalue weighted by Crippen LogP contribution is 2.46. The number of methoxy groups -OCH3 is 1. The number of rotatable bonds is 8. The van der Waals surface area contributed by atoms with Gasteiger partial charge in [0.05, 0.1) is 18.6 Å². The van der Waals surface area contributed by atoms with Crippen molar-refractivity contribution < 1.29 is 23.5 Å². The molecule has 180 valence electrons. The van der Waals surface area contributed by atoms with Crippen molar-refractivity contribution >= 4 is 23.5 Å². The summed E-state index contributed by atoms with van der Waals surface area (Å²) in [5.74, 6) is 2.86. The number of aryl methyl sites for hydroxylation is 1. The maximum atomic E-state index is 13.6. The number of ketones is 1. The van der Waals surface area contributed by atoms with Gasteiger partial charge in [0, 0.05) is 29.1 Å². The number of carbonyl (C=O) groups is 2. The number of Topliss-reactive ketones (excluding diaryl/α,β-unsaturated/α-hetero) is 1. The van der Waals surface area contributed by atoms with Gasteiger partial charge in [-0.2, -0.15) is 11.8 Å². The summed E-state index contributed by atoms with van der Waals surface area (Å²) in [5, 5.41) is 3.38. The van der Waals surface area contributed by atoms with E-state index in [1.807, 2.05) is 50.2 Å². The molecule has 0 bridgehead atoms. The Hall–Kier alpha value is -2.93. The van der Waals surface area contributed by atoms with Crippen LogP contribution < -0.4 is 10.1 Å². The van der Waals surface area contributed by atoms with E-state index in [2.05, 4.69) is 12.2 Å². The van der Waals surface area contributed by atoms with Gasteiger partial charge in [0.25, 0.3) is 0 Å². The summed E-state index contributed by atoms with van der Waals surface area (Å²) in [5.41, 5.74) is 3.66. The molecule has 34 heavy (non-hydrogen) atoms. The minimum absolute atomic E-state index is 0.0139. The highest BCUT2D eigenvalue weighted by molar-refractivity contribution is 7.99. The highest BCUT2D eigenvalue weighted by atomic mass is 32.2. The Bertz CT molecular complexity index is 1150. The molecule has 2 aliphatic rings. The summed E-state index contributed by atoms with van der Waals surface area (Å²) in [6.07, 6.45) is 1.02. The molecule has 7 heteroatoms. The standard InChI is InChI=1S/C27H31NO5S/c1-5-34-12-11-32-27(30)24-17(3)28-21-14-19(18-7-6-8-20(13-18)31-4)15-22(29)25(21)26(24)23-10-9-16(2)33-23/h6-10,13,19,26,28H,5,11-12,14-15H2,1-4H3. The van der Waals surface area contributed by atoms with Crippen LogP contribution in [0.25, 0.3) is 0 Å². The van der Waals surface area contributed by atoms with Gasteiger partial charge in [-0.1, -0.05) is 19.1 Å². The van der Waals surface area contributed by atoms with Gasteiger partial charge in [-0.3, -0.25) is 4.79 Å². The van der Waals surface area contributed by atoms with E-state index in [4.69, 9.17) is 13.9 Å². The summed E-state index contributed by atoms with van der Waals surface area (Å²) < 4.78 is 16.9. The molecular formula is C27H31NO5S. The van der Waals surface area contributed by atoms with Crippen LogP contribution in [0.5, 0.6) is 5.75 Å². The number of hydrogen-bond acceptors (Lipinski definition) is 7. The van der Waals surface area contributed by atoms with Gasteiger partial charge in [-0.25, -0.2) is 4.79 Å². The van der Waals surface area contributed by atoms with E-state index in [0.717, 1.165) is 34.3 Å². The molecule has 0 fully saturated rings. The lowest BCUT2D eigenvalue weighted by molar-refractivity contribution is -0.138. The average Bonchev–Trinajstić information content (AvgIpc) is 3.26. The van der Waals surface area contributed by atoms with E-state index in [1.165, 1.54) is 0 Å². The first-order valence-electron chi connectivity index (χ1n) is 11.6. The van der Waals surface area contributed by atoms with Crippen molar-refractivity contribution in [2.75, 3.05) is 25.2 Å². The molecule has 6 nitrogen and oxygen atoms in total. The Balaban J connectivity index is 1.68. The van der Waals surface area contributed by atoms with E-state index in [1.54, 1.807) is 18.9 Å². The van der Waals surface area contributed by atoms with Gasteiger partial charge in [-0.05, 0) is 61.8 Å². The predicted molar refractivity (Wildman–Crippen MR) is 133 cm³/mol. The van der Waals surface area contributed by atoms with Crippen LogP contribution in [0.4, 0.5) is 0 Å². The fourth-order valence-corrected chi connectivity index (χ4v) is 5.24. The monoisotopic (exact) mass is 481 g/mol. The van der Waals surface area contributed by atoms with E-state index < -0.39 is 11.9 Å². The second kappa shape index (κ2) is 10.6. The molecule has 1 N–H and O–H groups in total. The van der Waals surface area contributed by atoms with Gasteiger partial charge in [0.2, 0.25) is 0 Å². The second-order valence-electron chi connectivity index (χ2n) is 8.58. The molecule has 0 saturated heterocycles. The summed E-state index contributed by atoms with van der Waals surface area (Å²) in [6, 6.07) is 11.6. The second-order valence-corrected chi connectivity index (χ2v) is 9.97. The minimum Gasteiger partial charge on any atom is -0.497 e. The van der Waals surface area contributed by atoms with Crippen LogP contribution in [0.15, 0.2) is 63.4 Å². The molecule has 2 heterocycles. The Morgan fingerprint density at radius 3 is 2.74 bits per heavy atom. The van der Waals surface area contributed by atoms with Crippen LogP contribution in [-0.4, -0.2) is 37.0 Å². The third-order valence-electron chi connectivity index (χ3n) is 6.32. The maximum absolute atomic E-state index is 13.6. The fourth-order valence-electron chi connectivity index (χ4n) is 4.75. The summed E-state index contributed by atoms with van der Waals surface area (Å²) in [7, 11) is 1.64. The zero-order valence-corrected chi connectivity index (χ0v) is 20.9. The normalized spacial score (nSPS) is 20.2. The lowest BCUT2D eigenvalue weighted by Gasteiger charge is -2.35. The van der Waals surface area contributed by atoms with E-state index >= 15 is 0 Å². The molecule has 0 amide bonds. The molecule has 1 aliphatic carbocycles. The highest BCUT2D eigenvalue weighted by Gasteiger charge is 2.42. The van der Waals surface area contributed by atoms with Crippen molar-refractivity contribution in [1.29, 1.82) is 0 Å². The molecule has 2 aromatic rings. The molecule has 2 unspecified atom stereocenters. The molecular weight excluding hydrogens is 450 g/mol. The van der Waals surface area contributed by atoms with Crippen LogP contribution in [0.1, 0.15) is 55.6 Å². The van der Waals surface area contributed by atoms with Crippen LogP contribution >= 0.6 is 11.8 Å². The third kappa shape index (κ3) is 4.94. The first-order chi connectivity index (χ1) is 16.4. The SMILES string of the molecule is CCSCCOC(=O)C1=C(C)NC2=C(C(=O)CC(c3cccc(OC)c3)C2)C1c1ccc(C)o1. The van der Waals surface area contributed by atoms with E-state index in [9.17, 15) is 9.59 Å². The minimum atomic E-state index is -0.574. The van der Waals surface area contributed by atoms with Gasteiger partial charge in [-0.15, -0.1) is 0 Å². The molecule has 2 atom stereocenters. The maximum Gasteiger partial charge on any atom is 0.336 e. The average molecular weight is 482 g/mol. The number of allylic oxidation sites excluding steroid dienone is 3. The van der Waals surface area contributed by atoms with Gasteiger partial charge in [0.15, 0.2) is 5.78 Å². The number of carbonyl (C=O) groups excluding carboxylic acids is 2. The number of furan rings is 1. The number of ether oxygens (including phenoxy) is 2. The number of nitrogens with one attached hydrogen (secondary N) is 1. The van der Waals surface area contributed by atoms with Crippen LogP contribution in [-0.2, 0) is 14.3 Å². The Morgan fingerprint density at radius 1 is 1.21 bits per heavy atom. The lowest BCUT2D eigenvalue weighted by Crippen LogP contribution is -2.36. The Morgan fingerprint density at radius 2 is 2.03 bits per heavy atom. The molecule has 1 aromatic carbocycles. The van der Waals surface area contributed by atoms with Crippen molar-refractivity contribution in [2.24, 2.45) is 0 Å². The Kier molecular flexibility index (Phi) is 7.51. The number of benzene rings is 1. The molecule has 1 aliphatic heterocycles. The fraction of sp³-hybridized carbons (Fsp3) is 0.407. The van der Waals surface area contributed by atoms with Crippen LogP contribution in [0.3, 0.4) is 0 Å². The zero-order chi connectivity index (χ0) is 24.2. The molecule has 4 rings (SSSR count). The summed E-state index contributed by atoms with van der Waals surface area (Å²) in [4.78, 5) is 26.8. The van der Waals surface area contributed by atoms with Gasteiger partial charge < -0.3 is 19.2 Å². The zero-order valence-electron chi connectivity index (χ0n) is 20.1. The summed E-state index contributed by atoms with van der Waals surface area (Å²) in [6.45, 7) is 6.12. The van der Waals surface area contributed by atoms with Crippen molar-refractivity contribution in [3.63, 3.8) is 0 Å². The Labute approximate surface area is 204 Å². The third-order valence-corrected chi connectivity index (χ3v) is 7.19. The van der Waals surface area contributed by atoms with Crippen LogP contribution in [0, 0.1) is 6.92 Å². The molecule has 0 saturated carbocycles. The van der Waals surface area contributed by atoms with Crippen molar-refractivity contribution in [1.82, 2.24) is 5.32 Å². The molecule has 0 spiro atoms.